The predicted octanol–water partition coefficient (Wildman–Crippen LogP) is 3.46. The van der Waals surface area contributed by atoms with Crippen molar-refractivity contribution in [3.8, 4) is 0 Å². The predicted molar refractivity (Wildman–Crippen MR) is 118 cm³/mol. The van der Waals surface area contributed by atoms with Crippen LogP contribution in [0.3, 0.4) is 0 Å². The van der Waals surface area contributed by atoms with Gasteiger partial charge in [-0.25, -0.2) is 17.9 Å². The van der Waals surface area contributed by atoms with E-state index in [1.54, 1.807) is 30.3 Å². The smallest absolute Gasteiger partial charge is 0.256 e. The molecule has 4 N–H and O–H groups in total. The van der Waals surface area contributed by atoms with E-state index in [2.05, 4.69) is 10.6 Å². The summed E-state index contributed by atoms with van der Waals surface area (Å²) in [6.07, 6.45) is 0. The van der Waals surface area contributed by atoms with Crippen LogP contribution in [0.2, 0.25) is 0 Å². The minimum absolute atomic E-state index is 0.0303. The summed E-state index contributed by atoms with van der Waals surface area (Å²) in [5.74, 6) is -1.15. The van der Waals surface area contributed by atoms with Gasteiger partial charge >= 0.3 is 0 Å². The molecule has 0 radical (unpaired) electrons. The van der Waals surface area contributed by atoms with Gasteiger partial charge in [-0.2, -0.15) is 0 Å². The molecule has 0 heterocycles. The maximum Gasteiger partial charge on any atom is 0.256 e. The van der Waals surface area contributed by atoms with Gasteiger partial charge in [-0.15, -0.1) is 11.8 Å². The van der Waals surface area contributed by atoms with Crippen LogP contribution in [0, 0.1) is 5.82 Å². The first-order chi connectivity index (χ1) is 14.7. The molecule has 10 heteroatoms. The van der Waals surface area contributed by atoms with Crippen molar-refractivity contribution in [2.24, 2.45) is 5.14 Å². The molecule has 0 saturated heterocycles. The van der Waals surface area contributed by atoms with Crippen molar-refractivity contribution in [2.45, 2.75) is 9.79 Å². The molecule has 0 aliphatic carbocycles. The number of primary sulfonamides is 1. The van der Waals surface area contributed by atoms with Crippen LogP contribution in [0.15, 0.2) is 82.6 Å². The van der Waals surface area contributed by atoms with Crippen LogP contribution in [0.25, 0.3) is 0 Å². The number of rotatable bonds is 7. The van der Waals surface area contributed by atoms with Crippen LogP contribution in [0.4, 0.5) is 15.8 Å². The van der Waals surface area contributed by atoms with Gasteiger partial charge in [-0.3, -0.25) is 9.59 Å². The fourth-order valence-corrected chi connectivity index (χ4v) is 4.01. The van der Waals surface area contributed by atoms with Crippen LogP contribution in [-0.4, -0.2) is 26.0 Å². The van der Waals surface area contributed by atoms with E-state index < -0.39 is 21.7 Å². The van der Waals surface area contributed by atoms with Crippen LogP contribution in [0.1, 0.15) is 10.4 Å². The molecular formula is C21H18FN3O4S2. The van der Waals surface area contributed by atoms with Crippen LogP contribution < -0.4 is 15.8 Å². The van der Waals surface area contributed by atoms with E-state index in [0.29, 0.717) is 16.1 Å². The summed E-state index contributed by atoms with van der Waals surface area (Å²) in [6, 6.07) is 17.7. The Balaban J connectivity index is 1.67. The lowest BCUT2D eigenvalue weighted by molar-refractivity contribution is -0.113. The first-order valence-electron chi connectivity index (χ1n) is 8.94. The van der Waals surface area contributed by atoms with Crippen molar-refractivity contribution in [1.82, 2.24) is 0 Å². The number of carbonyl (C=O) groups excluding carboxylic acids is 2. The van der Waals surface area contributed by atoms with Crippen molar-refractivity contribution in [3.05, 3.63) is 84.2 Å². The van der Waals surface area contributed by atoms with Gasteiger partial charge < -0.3 is 10.6 Å². The number of sulfonamides is 1. The Labute approximate surface area is 182 Å². The molecule has 0 aliphatic rings. The molecule has 0 spiro atoms. The van der Waals surface area contributed by atoms with Crippen molar-refractivity contribution >= 4 is 45.0 Å². The van der Waals surface area contributed by atoms with E-state index in [4.69, 9.17) is 5.14 Å². The highest BCUT2D eigenvalue weighted by Gasteiger charge is 2.15. The molecule has 3 rings (SSSR count). The maximum atomic E-state index is 13.0. The molecule has 3 aromatic carbocycles. The molecule has 2 amide bonds. The third kappa shape index (κ3) is 6.38. The van der Waals surface area contributed by atoms with Crippen molar-refractivity contribution in [2.75, 3.05) is 16.4 Å². The molecule has 0 fully saturated rings. The molecule has 0 atom stereocenters. The third-order valence-electron chi connectivity index (χ3n) is 4.04. The Morgan fingerprint density at radius 3 is 2.32 bits per heavy atom. The number of nitrogens with two attached hydrogens (primary N) is 1. The average molecular weight is 460 g/mol. The SMILES string of the molecule is NS(=O)(=O)c1cccc(NC(=O)c2ccccc2SCC(=O)Nc2ccc(F)cc2)c1. The van der Waals surface area contributed by atoms with Crippen LogP contribution in [0.5, 0.6) is 0 Å². The summed E-state index contributed by atoms with van der Waals surface area (Å²) in [5, 5.41) is 10.4. The van der Waals surface area contributed by atoms with Crippen LogP contribution >= 0.6 is 11.8 Å². The Bertz CT molecular complexity index is 1220. The topological polar surface area (TPSA) is 118 Å². The number of thioether (sulfide) groups is 1. The first kappa shape index (κ1) is 22.5. The van der Waals surface area contributed by atoms with Crippen LogP contribution in [-0.2, 0) is 14.8 Å². The van der Waals surface area contributed by atoms with Gasteiger partial charge in [0.1, 0.15) is 5.82 Å². The zero-order valence-corrected chi connectivity index (χ0v) is 17.7. The molecule has 0 bridgehead atoms. The van der Waals surface area contributed by atoms with Gasteiger partial charge in [0, 0.05) is 16.3 Å². The number of hydrogen-bond acceptors (Lipinski definition) is 5. The second-order valence-corrected chi connectivity index (χ2v) is 8.95. The molecule has 160 valence electrons. The number of anilines is 2. The van der Waals surface area contributed by atoms with Crippen molar-refractivity contribution < 1.29 is 22.4 Å². The number of amides is 2. The van der Waals surface area contributed by atoms with Gasteiger partial charge in [0.15, 0.2) is 0 Å². The average Bonchev–Trinajstić information content (AvgIpc) is 2.74. The summed E-state index contributed by atoms with van der Waals surface area (Å²) in [7, 11) is -3.90. The summed E-state index contributed by atoms with van der Waals surface area (Å²) in [5.41, 5.74) is 1.06. The van der Waals surface area contributed by atoms with E-state index in [9.17, 15) is 22.4 Å². The summed E-state index contributed by atoms with van der Waals surface area (Å²) >= 11 is 1.16. The lowest BCUT2D eigenvalue weighted by atomic mass is 10.2. The van der Waals surface area contributed by atoms with E-state index in [1.165, 1.54) is 42.5 Å². The zero-order chi connectivity index (χ0) is 22.4. The van der Waals surface area contributed by atoms with Gasteiger partial charge in [-0.1, -0.05) is 18.2 Å². The number of nitrogens with one attached hydrogen (secondary N) is 2. The molecular weight excluding hydrogens is 441 g/mol. The lowest BCUT2D eigenvalue weighted by Gasteiger charge is -2.11. The van der Waals surface area contributed by atoms with Crippen molar-refractivity contribution in [1.29, 1.82) is 0 Å². The molecule has 0 saturated carbocycles. The largest absolute Gasteiger partial charge is 0.325 e. The van der Waals surface area contributed by atoms with E-state index in [1.807, 2.05) is 0 Å². The fraction of sp³-hybridized carbons (Fsp3) is 0.0476. The van der Waals surface area contributed by atoms with E-state index in [-0.39, 0.29) is 22.2 Å². The Hall–Kier alpha value is -3.21. The molecule has 3 aromatic rings. The summed E-state index contributed by atoms with van der Waals surface area (Å²) in [4.78, 5) is 25.3. The third-order valence-corrected chi connectivity index (χ3v) is 6.02. The summed E-state index contributed by atoms with van der Waals surface area (Å²) in [6.45, 7) is 0. The Morgan fingerprint density at radius 1 is 0.903 bits per heavy atom. The monoisotopic (exact) mass is 459 g/mol. The lowest BCUT2D eigenvalue weighted by Crippen LogP contribution is -2.16. The number of benzene rings is 3. The molecule has 0 aromatic heterocycles. The van der Waals surface area contributed by atoms with Gasteiger partial charge in [0.05, 0.1) is 16.2 Å². The minimum Gasteiger partial charge on any atom is -0.325 e. The number of hydrogen-bond donors (Lipinski definition) is 3. The highest BCUT2D eigenvalue weighted by Crippen LogP contribution is 2.24. The Kier molecular flexibility index (Phi) is 7.06. The highest BCUT2D eigenvalue weighted by atomic mass is 32.2. The van der Waals surface area contributed by atoms with Gasteiger partial charge in [0.2, 0.25) is 15.9 Å². The second kappa shape index (κ2) is 9.73. The van der Waals surface area contributed by atoms with E-state index in [0.717, 1.165) is 11.8 Å². The fourth-order valence-electron chi connectivity index (χ4n) is 2.60. The van der Waals surface area contributed by atoms with Crippen molar-refractivity contribution in [3.63, 3.8) is 0 Å². The molecule has 0 unspecified atom stereocenters. The molecule has 7 nitrogen and oxygen atoms in total. The standard InChI is InChI=1S/C21H18FN3O4S2/c22-14-8-10-15(11-9-14)24-20(26)13-30-19-7-2-1-6-18(19)21(27)25-16-4-3-5-17(12-16)31(23,28)29/h1-12H,13H2,(H,24,26)(H,25,27)(H2,23,28,29). The maximum absolute atomic E-state index is 13.0. The number of carbonyl (C=O) groups is 2. The Morgan fingerprint density at radius 2 is 1.61 bits per heavy atom. The molecule has 0 aliphatic heterocycles. The quantitative estimate of drug-likeness (QED) is 0.468. The summed E-state index contributed by atoms with van der Waals surface area (Å²) < 4.78 is 36.0. The molecule has 31 heavy (non-hydrogen) atoms. The first-order valence-corrected chi connectivity index (χ1v) is 11.5. The highest BCUT2D eigenvalue weighted by molar-refractivity contribution is 8.00. The normalized spacial score (nSPS) is 11.0. The van der Waals surface area contributed by atoms with E-state index >= 15 is 0 Å². The minimum atomic E-state index is -3.90. The second-order valence-electron chi connectivity index (χ2n) is 6.37. The van der Waals surface area contributed by atoms with Gasteiger partial charge in [0.25, 0.3) is 5.91 Å². The zero-order valence-electron chi connectivity index (χ0n) is 16.0. The number of halogens is 1. The van der Waals surface area contributed by atoms with Gasteiger partial charge in [-0.05, 0) is 54.6 Å².